The summed E-state index contributed by atoms with van der Waals surface area (Å²) in [6.45, 7) is 2.26. The van der Waals surface area contributed by atoms with Gasteiger partial charge in [-0.15, -0.1) is 0 Å². The van der Waals surface area contributed by atoms with Crippen molar-refractivity contribution < 1.29 is 14.3 Å². The average Bonchev–Trinajstić information content (AvgIpc) is 2.62. The molecule has 2 aromatic rings. The predicted octanol–water partition coefficient (Wildman–Crippen LogP) is 0.795. The maximum absolute atomic E-state index is 12.3. The lowest BCUT2D eigenvalue weighted by Crippen LogP contribution is -2.38. The molecule has 1 aliphatic rings. The number of rotatable bonds is 4. The van der Waals surface area contributed by atoms with Gasteiger partial charge in [-0.3, -0.25) is 14.4 Å². The van der Waals surface area contributed by atoms with Gasteiger partial charge in [0.05, 0.1) is 12.8 Å². The number of ether oxygens (including phenoxy) is 1. The molecular weight excluding hydrogens is 336 g/mol. The van der Waals surface area contributed by atoms with Crippen molar-refractivity contribution in [1.29, 1.82) is 0 Å². The maximum atomic E-state index is 12.3. The van der Waals surface area contributed by atoms with Crippen LogP contribution in [0.3, 0.4) is 0 Å². The number of anilines is 1. The molecule has 0 spiro atoms. The van der Waals surface area contributed by atoms with Gasteiger partial charge in [-0.2, -0.15) is 5.10 Å². The van der Waals surface area contributed by atoms with E-state index in [1.165, 1.54) is 13.0 Å². The van der Waals surface area contributed by atoms with E-state index in [2.05, 4.69) is 10.4 Å². The maximum Gasteiger partial charge on any atom is 0.267 e. The van der Waals surface area contributed by atoms with Crippen LogP contribution in [-0.2, 0) is 29.1 Å². The first-order valence-corrected chi connectivity index (χ1v) is 8.25. The highest BCUT2D eigenvalue weighted by Gasteiger charge is 2.21. The Balaban J connectivity index is 1.73. The first kappa shape index (κ1) is 17.7. The van der Waals surface area contributed by atoms with E-state index in [4.69, 9.17) is 4.74 Å². The fourth-order valence-corrected chi connectivity index (χ4v) is 2.86. The predicted molar refractivity (Wildman–Crippen MR) is 94.9 cm³/mol. The second kappa shape index (κ2) is 7.38. The number of aromatic nitrogens is 2. The van der Waals surface area contributed by atoms with Crippen molar-refractivity contribution in [2.24, 2.45) is 0 Å². The van der Waals surface area contributed by atoms with Gasteiger partial charge in [-0.25, -0.2) is 4.68 Å². The summed E-state index contributed by atoms with van der Waals surface area (Å²) < 4.78 is 6.27. The number of methoxy groups -OCH3 is 1. The van der Waals surface area contributed by atoms with Gasteiger partial charge in [-0.1, -0.05) is 6.07 Å². The Labute approximate surface area is 150 Å². The van der Waals surface area contributed by atoms with E-state index in [-0.39, 0.29) is 23.9 Å². The lowest BCUT2D eigenvalue weighted by Gasteiger charge is -2.27. The number of hydrogen-bond acceptors (Lipinski definition) is 5. The van der Waals surface area contributed by atoms with Crippen molar-refractivity contribution >= 4 is 17.5 Å². The van der Waals surface area contributed by atoms with Crippen LogP contribution in [0.25, 0.3) is 0 Å². The van der Waals surface area contributed by atoms with Gasteiger partial charge < -0.3 is 15.0 Å². The monoisotopic (exact) mass is 356 g/mol. The molecule has 1 aliphatic heterocycles. The van der Waals surface area contributed by atoms with Crippen LogP contribution < -0.4 is 15.6 Å². The molecule has 1 aromatic carbocycles. The summed E-state index contributed by atoms with van der Waals surface area (Å²) >= 11 is 0. The Bertz CT molecular complexity index is 906. The van der Waals surface area contributed by atoms with E-state index >= 15 is 0 Å². The summed E-state index contributed by atoms with van der Waals surface area (Å²) in [6, 6.07) is 8.42. The topological polar surface area (TPSA) is 93.5 Å². The molecule has 26 heavy (non-hydrogen) atoms. The van der Waals surface area contributed by atoms with Crippen molar-refractivity contribution in [2.75, 3.05) is 19.0 Å². The molecule has 0 bridgehead atoms. The minimum Gasteiger partial charge on any atom is -0.497 e. The number of nitrogens with one attached hydrogen (secondary N) is 1. The Kier molecular flexibility index (Phi) is 5.01. The summed E-state index contributed by atoms with van der Waals surface area (Å²) in [5, 5.41) is 7.03. The first-order chi connectivity index (χ1) is 12.5. The SMILES string of the molecule is COc1cccc(NC(=O)Cn2nc3c(cc2=O)CN(C(C)=O)CC3)c1. The van der Waals surface area contributed by atoms with Crippen LogP contribution in [0.1, 0.15) is 18.2 Å². The molecule has 8 nitrogen and oxygen atoms in total. The molecule has 0 atom stereocenters. The van der Waals surface area contributed by atoms with Gasteiger partial charge in [0.2, 0.25) is 11.8 Å². The zero-order valence-corrected chi connectivity index (χ0v) is 14.7. The van der Waals surface area contributed by atoms with E-state index in [0.717, 1.165) is 15.9 Å². The summed E-state index contributed by atoms with van der Waals surface area (Å²) in [6.07, 6.45) is 0.562. The second-order valence-electron chi connectivity index (χ2n) is 6.08. The number of amides is 2. The average molecular weight is 356 g/mol. The van der Waals surface area contributed by atoms with E-state index in [0.29, 0.717) is 30.9 Å². The minimum atomic E-state index is -0.366. The molecule has 2 amide bonds. The summed E-state index contributed by atoms with van der Waals surface area (Å²) in [5.74, 6) is 0.244. The zero-order valence-electron chi connectivity index (χ0n) is 14.7. The first-order valence-electron chi connectivity index (χ1n) is 8.25. The number of carbonyl (C=O) groups is 2. The Morgan fingerprint density at radius 3 is 2.85 bits per heavy atom. The molecular formula is C18H20N4O4. The lowest BCUT2D eigenvalue weighted by molar-refractivity contribution is -0.129. The highest BCUT2D eigenvalue weighted by atomic mass is 16.5. The van der Waals surface area contributed by atoms with Gasteiger partial charge in [0, 0.05) is 49.8 Å². The van der Waals surface area contributed by atoms with Crippen LogP contribution in [0.4, 0.5) is 5.69 Å². The van der Waals surface area contributed by atoms with Crippen molar-refractivity contribution in [3.8, 4) is 5.75 Å². The molecule has 1 aromatic heterocycles. The van der Waals surface area contributed by atoms with Crippen LogP contribution in [-0.4, -0.2) is 40.1 Å². The van der Waals surface area contributed by atoms with E-state index in [9.17, 15) is 14.4 Å². The number of fused-ring (bicyclic) bond motifs is 1. The largest absolute Gasteiger partial charge is 0.497 e. The van der Waals surface area contributed by atoms with E-state index in [1.54, 1.807) is 36.3 Å². The van der Waals surface area contributed by atoms with Crippen LogP contribution >= 0.6 is 0 Å². The fourth-order valence-electron chi connectivity index (χ4n) is 2.86. The lowest BCUT2D eigenvalue weighted by atomic mass is 10.1. The number of benzene rings is 1. The normalized spacial score (nSPS) is 13.1. The van der Waals surface area contributed by atoms with Crippen LogP contribution in [0, 0.1) is 0 Å². The highest BCUT2D eigenvalue weighted by molar-refractivity contribution is 5.90. The van der Waals surface area contributed by atoms with Gasteiger partial charge in [-0.05, 0) is 12.1 Å². The summed E-state index contributed by atoms with van der Waals surface area (Å²) in [7, 11) is 1.55. The van der Waals surface area contributed by atoms with Gasteiger partial charge in [0.25, 0.3) is 5.56 Å². The second-order valence-corrected chi connectivity index (χ2v) is 6.08. The molecule has 8 heteroatoms. The van der Waals surface area contributed by atoms with Crippen molar-refractivity contribution in [3.63, 3.8) is 0 Å². The quantitative estimate of drug-likeness (QED) is 0.874. The smallest absolute Gasteiger partial charge is 0.267 e. The number of hydrogen-bond donors (Lipinski definition) is 1. The van der Waals surface area contributed by atoms with Crippen LogP contribution in [0.5, 0.6) is 5.75 Å². The minimum absolute atomic E-state index is 0.0301. The Hall–Kier alpha value is -3.16. The third kappa shape index (κ3) is 3.90. The molecule has 0 radical (unpaired) electrons. The number of carbonyl (C=O) groups excluding carboxylic acids is 2. The molecule has 0 saturated carbocycles. The van der Waals surface area contributed by atoms with Crippen molar-refractivity contribution in [1.82, 2.24) is 14.7 Å². The van der Waals surface area contributed by atoms with Gasteiger partial charge >= 0.3 is 0 Å². The highest BCUT2D eigenvalue weighted by Crippen LogP contribution is 2.17. The molecule has 2 heterocycles. The van der Waals surface area contributed by atoms with Gasteiger partial charge in [0.1, 0.15) is 12.3 Å². The molecule has 3 rings (SSSR count). The standard InChI is InChI=1S/C18H20N4O4/c1-12(23)21-7-6-16-13(10-21)8-18(25)22(20-16)11-17(24)19-14-4-3-5-15(9-14)26-2/h3-5,8-9H,6-7,10-11H2,1-2H3,(H,19,24). The fraction of sp³-hybridized carbons (Fsp3) is 0.333. The summed E-state index contributed by atoms with van der Waals surface area (Å²) in [5.41, 5.74) is 1.70. The van der Waals surface area contributed by atoms with Gasteiger partial charge in [0.15, 0.2) is 0 Å². The third-order valence-electron chi connectivity index (χ3n) is 4.24. The molecule has 0 fully saturated rings. The van der Waals surface area contributed by atoms with Crippen molar-refractivity contribution in [3.05, 3.63) is 51.9 Å². The van der Waals surface area contributed by atoms with Crippen LogP contribution in [0.2, 0.25) is 0 Å². The Morgan fingerprint density at radius 1 is 1.31 bits per heavy atom. The molecule has 0 unspecified atom stereocenters. The van der Waals surface area contributed by atoms with E-state index < -0.39 is 0 Å². The Morgan fingerprint density at radius 2 is 2.12 bits per heavy atom. The van der Waals surface area contributed by atoms with E-state index in [1.807, 2.05) is 0 Å². The molecule has 136 valence electrons. The third-order valence-corrected chi connectivity index (χ3v) is 4.24. The number of nitrogens with zero attached hydrogens (tertiary/aromatic N) is 3. The zero-order chi connectivity index (χ0) is 18.7. The molecule has 0 aliphatic carbocycles. The van der Waals surface area contributed by atoms with Crippen molar-refractivity contribution in [2.45, 2.75) is 26.4 Å². The summed E-state index contributed by atoms with van der Waals surface area (Å²) in [4.78, 5) is 37.6. The molecule has 0 saturated heterocycles. The molecule has 1 N–H and O–H groups in total. The van der Waals surface area contributed by atoms with Crippen LogP contribution in [0.15, 0.2) is 35.1 Å².